The van der Waals surface area contributed by atoms with Gasteiger partial charge < -0.3 is 23.1 Å². The zero-order valence-corrected chi connectivity index (χ0v) is 22.3. The topological polar surface area (TPSA) is 94.5 Å². The quantitative estimate of drug-likeness (QED) is 0.257. The van der Waals surface area contributed by atoms with Gasteiger partial charge in [-0.15, -0.1) is 0 Å². The molecule has 2 aliphatic rings. The molecule has 1 fully saturated rings. The molecule has 4 rings (SSSR count). The van der Waals surface area contributed by atoms with E-state index in [1.807, 2.05) is 50.2 Å². The lowest BCUT2D eigenvalue weighted by Gasteiger charge is -2.48. The highest BCUT2D eigenvalue weighted by molar-refractivity contribution is 7.42. The molecule has 0 aromatic heterocycles. The number of benzene rings is 2. The Morgan fingerprint density at radius 2 is 1.49 bits per heavy atom. The van der Waals surface area contributed by atoms with Crippen molar-refractivity contribution in [3.05, 3.63) is 72.1 Å². The van der Waals surface area contributed by atoms with Crippen LogP contribution in [0.5, 0.6) is 11.5 Å². The summed E-state index contributed by atoms with van der Waals surface area (Å²) in [7, 11) is -3.96. The number of aliphatic carboxylic acids is 1. The zero-order valence-electron chi connectivity index (χ0n) is 20.4. The first-order valence-corrected chi connectivity index (χ1v) is 16.0. The third-order valence-electron chi connectivity index (χ3n) is 5.86. The number of carbonyl (C=O) groups excluding carboxylic acids is 1. The van der Waals surface area contributed by atoms with E-state index < -0.39 is 28.8 Å². The Morgan fingerprint density at radius 3 is 1.94 bits per heavy atom. The zero-order chi connectivity index (χ0) is 25.3. The van der Waals surface area contributed by atoms with Crippen LogP contribution in [0.15, 0.2) is 72.1 Å². The molecule has 0 radical (unpaired) electrons. The Hall–Kier alpha value is -2.87. The summed E-state index contributed by atoms with van der Waals surface area (Å²) in [4.78, 5) is 26.7. The number of hydrogen-bond acceptors (Lipinski definition) is 6. The molecule has 4 atom stereocenters. The van der Waals surface area contributed by atoms with Crippen LogP contribution in [-0.4, -0.2) is 42.3 Å². The number of carboxylic acids is 1. The van der Waals surface area contributed by atoms with Gasteiger partial charge in [-0.2, -0.15) is 0 Å². The standard InChI is InChI=1S/C25H30NO7PSi/c1-16-21-20(17(2)33-35(3,4)5)24(27)26(21)22(25(28)29)23(16)32-34(30-18-12-8-6-9-13-18)31-19-14-10-7-11-15-19/h6-17,20-21H,1-5H3,(H,28,29)/t16?,17-,20?,21?/m1/s1. The third-order valence-corrected chi connectivity index (χ3v) is 8.00. The molecule has 0 saturated carbocycles. The van der Waals surface area contributed by atoms with Gasteiger partial charge in [-0.3, -0.25) is 9.69 Å². The summed E-state index contributed by atoms with van der Waals surface area (Å²) >= 11 is 0. The van der Waals surface area contributed by atoms with Gasteiger partial charge in [0.25, 0.3) is 0 Å². The number of para-hydroxylation sites is 2. The van der Waals surface area contributed by atoms with Crippen LogP contribution in [0, 0.1) is 11.8 Å². The maximum Gasteiger partial charge on any atom is 0.530 e. The molecule has 0 spiro atoms. The number of nitrogens with zero attached hydrogens (tertiary/aromatic N) is 1. The lowest BCUT2D eigenvalue weighted by atomic mass is 9.79. The molecular weight excluding hydrogens is 485 g/mol. The van der Waals surface area contributed by atoms with Crippen molar-refractivity contribution in [1.82, 2.24) is 4.90 Å². The second-order valence-corrected chi connectivity index (χ2v) is 15.0. The normalized spacial score (nSPS) is 22.5. The van der Waals surface area contributed by atoms with E-state index in [2.05, 4.69) is 19.6 Å². The Bertz CT molecular complexity index is 1060. The van der Waals surface area contributed by atoms with Gasteiger partial charge >= 0.3 is 14.6 Å². The summed E-state index contributed by atoms with van der Waals surface area (Å²) in [6, 6.07) is 17.7. The first-order chi connectivity index (χ1) is 16.6. The molecule has 35 heavy (non-hydrogen) atoms. The van der Waals surface area contributed by atoms with Crippen LogP contribution in [0.25, 0.3) is 0 Å². The van der Waals surface area contributed by atoms with Gasteiger partial charge in [0.1, 0.15) is 17.3 Å². The number of β-lactam (4-membered cyclic amide) rings is 1. The molecule has 1 amide bonds. The van der Waals surface area contributed by atoms with E-state index >= 15 is 0 Å². The fraction of sp³-hybridized carbons (Fsp3) is 0.360. The van der Waals surface area contributed by atoms with Gasteiger partial charge in [-0.1, -0.05) is 43.3 Å². The van der Waals surface area contributed by atoms with Gasteiger partial charge in [-0.25, -0.2) is 4.79 Å². The fourth-order valence-corrected chi connectivity index (χ4v) is 6.91. The van der Waals surface area contributed by atoms with Crippen LogP contribution in [0.3, 0.4) is 0 Å². The van der Waals surface area contributed by atoms with Gasteiger partial charge in [-0.05, 0) is 50.8 Å². The summed E-state index contributed by atoms with van der Waals surface area (Å²) in [5, 5.41) is 10.0. The number of amides is 1. The average molecular weight is 516 g/mol. The maximum absolute atomic E-state index is 13.1. The van der Waals surface area contributed by atoms with Crippen molar-refractivity contribution in [2.75, 3.05) is 0 Å². The van der Waals surface area contributed by atoms with E-state index in [-0.39, 0.29) is 35.4 Å². The van der Waals surface area contributed by atoms with Crippen molar-refractivity contribution in [3.8, 4) is 11.5 Å². The second-order valence-electron chi connectivity index (χ2n) is 9.59. The molecule has 1 saturated heterocycles. The molecule has 2 aromatic rings. The summed E-state index contributed by atoms with van der Waals surface area (Å²) < 4.78 is 24.3. The fourth-order valence-electron chi connectivity index (χ4n) is 4.53. The lowest BCUT2D eigenvalue weighted by Crippen LogP contribution is -2.64. The predicted octanol–water partition coefficient (Wildman–Crippen LogP) is 5.40. The van der Waals surface area contributed by atoms with Crippen LogP contribution in [0.2, 0.25) is 19.6 Å². The van der Waals surface area contributed by atoms with E-state index in [0.717, 1.165) is 0 Å². The minimum absolute atomic E-state index is 0.162. The van der Waals surface area contributed by atoms with Crippen molar-refractivity contribution in [3.63, 3.8) is 0 Å². The van der Waals surface area contributed by atoms with E-state index in [1.165, 1.54) is 4.90 Å². The number of hydrogen-bond donors (Lipinski definition) is 1. The summed E-state index contributed by atoms with van der Waals surface area (Å²) in [6.45, 7) is 9.93. The summed E-state index contributed by atoms with van der Waals surface area (Å²) in [5.41, 5.74) is -0.162. The maximum atomic E-state index is 13.1. The first kappa shape index (κ1) is 25.2. The molecule has 0 bridgehead atoms. The minimum atomic E-state index is -2.06. The van der Waals surface area contributed by atoms with Crippen LogP contribution in [0.1, 0.15) is 13.8 Å². The highest BCUT2D eigenvalue weighted by atomic mass is 31.2. The number of rotatable bonds is 10. The molecular formula is C25H30NO7PSi. The highest BCUT2D eigenvalue weighted by Gasteiger charge is 2.62. The van der Waals surface area contributed by atoms with Crippen molar-refractivity contribution in [1.29, 1.82) is 0 Å². The molecule has 186 valence electrons. The molecule has 10 heteroatoms. The van der Waals surface area contributed by atoms with E-state index in [4.69, 9.17) is 18.0 Å². The molecule has 2 aliphatic heterocycles. The van der Waals surface area contributed by atoms with Crippen LogP contribution in [-0.2, 0) is 18.5 Å². The Morgan fingerprint density at radius 1 is 0.971 bits per heavy atom. The first-order valence-electron chi connectivity index (χ1n) is 11.5. The smallest absolute Gasteiger partial charge is 0.476 e. The molecule has 2 aromatic carbocycles. The molecule has 1 N–H and O–H groups in total. The molecule has 2 heterocycles. The number of fused-ring (bicyclic) bond motifs is 1. The van der Waals surface area contributed by atoms with Crippen LogP contribution >= 0.6 is 8.60 Å². The van der Waals surface area contributed by atoms with Crippen LogP contribution < -0.4 is 9.05 Å². The van der Waals surface area contributed by atoms with Crippen LogP contribution in [0.4, 0.5) is 0 Å². The lowest BCUT2D eigenvalue weighted by molar-refractivity contribution is -0.162. The van der Waals surface area contributed by atoms with Gasteiger partial charge in [0, 0.05) is 5.92 Å². The number of carbonyl (C=O) groups is 2. The SMILES string of the molecule is CC1C(OP(Oc2ccccc2)Oc2ccccc2)=C(C(=O)O)N2C(=O)C([C@@H](C)O[Si](C)(C)C)C12. The van der Waals surface area contributed by atoms with Crippen molar-refractivity contribution in [2.24, 2.45) is 11.8 Å². The minimum Gasteiger partial charge on any atom is -0.476 e. The molecule has 3 unspecified atom stereocenters. The van der Waals surface area contributed by atoms with Gasteiger partial charge in [0.15, 0.2) is 14.0 Å². The van der Waals surface area contributed by atoms with Crippen molar-refractivity contribution >= 4 is 28.8 Å². The monoisotopic (exact) mass is 515 g/mol. The van der Waals surface area contributed by atoms with E-state index in [0.29, 0.717) is 11.5 Å². The van der Waals surface area contributed by atoms with Crippen molar-refractivity contribution < 1.29 is 32.7 Å². The molecule has 0 aliphatic carbocycles. The van der Waals surface area contributed by atoms with E-state index in [1.54, 1.807) is 24.3 Å². The largest absolute Gasteiger partial charge is 0.530 e. The average Bonchev–Trinajstić information content (AvgIpc) is 3.02. The summed E-state index contributed by atoms with van der Waals surface area (Å²) in [5.74, 6) is -1.09. The predicted molar refractivity (Wildman–Crippen MR) is 134 cm³/mol. The Kier molecular flexibility index (Phi) is 7.21. The second kappa shape index (κ2) is 10.0. The van der Waals surface area contributed by atoms with Gasteiger partial charge in [0.05, 0.1) is 18.1 Å². The summed E-state index contributed by atoms with van der Waals surface area (Å²) in [6.07, 6.45) is -0.324. The molecule has 8 nitrogen and oxygen atoms in total. The van der Waals surface area contributed by atoms with Gasteiger partial charge in [0.2, 0.25) is 5.91 Å². The highest BCUT2D eigenvalue weighted by Crippen LogP contribution is 2.53. The van der Waals surface area contributed by atoms with Crippen molar-refractivity contribution in [2.45, 2.75) is 45.6 Å². The Labute approximate surface area is 207 Å². The Balaban J connectivity index is 1.61. The third kappa shape index (κ3) is 5.37. The van der Waals surface area contributed by atoms with E-state index in [9.17, 15) is 14.7 Å². The number of carboxylic acid groups (broad SMARTS) is 1.